The van der Waals surface area contributed by atoms with Crippen LogP contribution in [0.4, 0.5) is 10.5 Å². The second-order valence-corrected chi connectivity index (χ2v) is 5.35. The quantitative estimate of drug-likeness (QED) is 0.664. The van der Waals surface area contributed by atoms with Gasteiger partial charge in [-0.3, -0.25) is 4.79 Å². The van der Waals surface area contributed by atoms with Gasteiger partial charge in [0.25, 0.3) is 0 Å². The molecule has 7 heteroatoms. The van der Waals surface area contributed by atoms with E-state index in [0.29, 0.717) is 23.7 Å². The fourth-order valence-corrected chi connectivity index (χ4v) is 2.23. The van der Waals surface area contributed by atoms with E-state index in [-0.39, 0.29) is 5.91 Å². The first-order chi connectivity index (χ1) is 12.5. The Kier molecular flexibility index (Phi) is 6.61. The Morgan fingerprint density at radius 2 is 1.81 bits per heavy atom. The van der Waals surface area contributed by atoms with Crippen LogP contribution in [0.15, 0.2) is 48.5 Å². The number of urea groups is 1. The van der Waals surface area contributed by atoms with Gasteiger partial charge < -0.3 is 25.8 Å². The summed E-state index contributed by atoms with van der Waals surface area (Å²) in [6, 6.07) is 11.7. The minimum absolute atomic E-state index is 0.241. The zero-order valence-corrected chi connectivity index (χ0v) is 14.6. The van der Waals surface area contributed by atoms with Gasteiger partial charge in [0.05, 0.1) is 14.2 Å². The first-order valence-corrected chi connectivity index (χ1v) is 7.85. The Balaban J connectivity index is 1.94. The largest absolute Gasteiger partial charge is 0.497 e. The van der Waals surface area contributed by atoms with E-state index in [0.717, 1.165) is 11.1 Å². The fourth-order valence-electron chi connectivity index (χ4n) is 2.23. The molecule has 0 saturated carbocycles. The van der Waals surface area contributed by atoms with E-state index in [1.54, 1.807) is 62.8 Å². The lowest BCUT2D eigenvalue weighted by Crippen LogP contribution is -2.20. The van der Waals surface area contributed by atoms with Crippen molar-refractivity contribution in [2.24, 2.45) is 5.73 Å². The van der Waals surface area contributed by atoms with E-state index in [2.05, 4.69) is 10.6 Å². The molecule has 26 heavy (non-hydrogen) atoms. The summed E-state index contributed by atoms with van der Waals surface area (Å²) < 4.78 is 10.4. The first kappa shape index (κ1) is 18.9. The van der Waals surface area contributed by atoms with Crippen molar-refractivity contribution in [1.82, 2.24) is 5.32 Å². The molecule has 2 rings (SSSR count). The normalized spacial score (nSPS) is 10.4. The highest BCUT2D eigenvalue weighted by Crippen LogP contribution is 2.25. The Morgan fingerprint density at radius 3 is 2.42 bits per heavy atom. The van der Waals surface area contributed by atoms with Gasteiger partial charge in [0.15, 0.2) is 0 Å². The van der Waals surface area contributed by atoms with Gasteiger partial charge in [0, 0.05) is 23.9 Å². The molecular weight excluding hydrogens is 334 g/mol. The van der Waals surface area contributed by atoms with Crippen LogP contribution < -0.4 is 25.8 Å². The third-order valence-corrected chi connectivity index (χ3v) is 3.54. The van der Waals surface area contributed by atoms with Gasteiger partial charge >= 0.3 is 6.03 Å². The van der Waals surface area contributed by atoms with Crippen LogP contribution in [-0.4, -0.2) is 26.2 Å². The molecule has 0 atom stereocenters. The molecule has 2 aromatic rings. The van der Waals surface area contributed by atoms with Gasteiger partial charge in [-0.05, 0) is 42.0 Å². The number of nitrogens with one attached hydrogen (secondary N) is 2. The van der Waals surface area contributed by atoms with Gasteiger partial charge in [0.1, 0.15) is 11.5 Å². The first-order valence-electron chi connectivity index (χ1n) is 7.85. The second-order valence-electron chi connectivity index (χ2n) is 5.35. The van der Waals surface area contributed by atoms with Crippen LogP contribution in [0.3, 0.4) is 0 Å². The molecule has 0 heterocycles. The average molecular weight is 355 g/mol. The molecule has 0 radical (unpaired) electrons. The maximum Gasteiger partial charge on any atom is 0.316 e. The number of carbonyl (C=O) groups is 2. The maximum atomic E-state index is 12.0. The SMILES string of the molecule is COc1ccc(OC)c(/C=C/C(=O)NCc2ccc(NC(N)=O)cc2)c1. The van der Waals surface area contributed by atoms with Crippen LogP contribution in [0.2, 0.25) is 0 Å². The van der Waals surface area contributed by atoms with Crippen molar-refractivity contribution in [3.05, 3.63) is 59.7 Å². The summed E-state index contributed by atoms with van der Waals surface area (Å²) in [5.74, 6) is 1.08. The minimum atomic E-state index is -0.621. The zero-order chi connectivity index (χ0) is 18.9. The van der Waals surface area contributed by atoms with Crippen LogP contribution >= 0.6 is 0 Å². The van der Waals surface area contributed by atoms with Crippen molar-refractivity contribution in [1.29, 1.82) is 0 Å². The van der Waals surface area contributed by atoms with Crippen LogP contribution in [0.5, 0.6) is 11.5 Å². The molecule has 2 aromatic carbocycles. The van der Waals surface area contributed by atoms with Gasteiger partial charge in [-0.15, -0.1) is 0 Å². The summed E-state index contributed by atoms with van der Waals surface area (Å²) in [6.07, 6.45) is 3.09. The highest BCUT2D eigenvalue weighted by atomic mass is 16.5. The summed E-state index contributed by atoms with van der Waals surface area (Å²) in [5, 5.41) is 5.26. The molecule has 0 aliphatic carbocycles. The van der Waals surface area contributed by atoms with Gasteiger partial charge in [-0.1, -0.05) is 12.1 Å². The summed E-state index contributed by atoms with van der Waals surface area (Å²) in [4.78, 5) is 22.8. The number of hydrogen-bond donors (Lipinski definition) is 3. The monoisotopic (exact) mass is 355 g/mol. The van der Waals surface area contributed by atoms with Gasteiger partial charge in [-0.2, -0.15) is 0 Å². The number of methoxy groups -OCH3 is 2. The molecule has 3 amide bonds. The summed E-state index contributed by atoms with van der Waals surface area (Å²) >= 11 is 0. The predicted octanol–water partition coefficient (Wildman–Crippen LogP) is 2.52. The third-order valence-electron chi connectivity index (χ3n) is 3.54. The number of rotatable bonds is 7. The molecule has 0 aromatic heterocycles. The van der Waals surface area contributed by atoms with Crippen LogP contribution in [0.1, 0.15) is 11.1 Å². The second kappa shape index (κ2) is 9.12. The smallest absolute Gasteiger partial charge is 0.316 e. The van der Waals surface area contributed by atoms with Crippen molar-refractivity contribution in [3.8, 4) is 11.5 Å². The van der Waals surface area contributed by atoms with Crippen molar-refractivity contribution < 1.29 is 19.1 Å². The number of nitrogens with two attached hydrogens (primary N) is 1. The Hall–Kier alpha value is -3.48. The highest BCUT2D eigenvalue weighted by molar-refractivity contribution is 5.92. The number of amides is 3. The molecule has 136 valence electrons. The van der Waals surface area contributed by atoms with Crippen molar-refractivity contribution in [3.63, 3.8) is 0 Å². The predicted molar refractivity (Wildman–Crippen MR) is 100 cm³/mol. The summed E-state index contributed by atoms with van der Waals surface area (Å²) in [5.41, 5.74) is 7.27. The Morgan fingerprint density at radius 1 is 1.08 bits per heavy atom. The van der Waals surface area contributed by atoms with E-state index in [9.17, 15) is 9.59 Å². The summed E-state index contributed by atoms with van der Waals surface area (Å²) in [7, 11) is 3.14. The van der Waals surface area contributed by atoms with E-state index in [1.807, 2.05) is 0 Å². The molecule has 0 aliphatic rings. The molecule has 7 nitrogen and oxygen atoms in total. The number of carbonyl (C=O) groups excluding carboxylic acids is 2. The van der Waals surface area contributed by atoms with E-state index >= 15 is 0 Å². The van der Waals surface area contributed by atoms with Gasteiger partial charge in [-0.25, -0.2) is 4.79 Å². The van der Waals surface area contributed by atoms with E-state index in [4.69, 9.17) is 15.2 Å². The zero-order valence-electron chi connectivity index (χ0n) is 14.6. The average Bonchev–Trinajstić information content (AvgIpc) is 2.65. The lowest BCUT2D eigenvalue weighted by atomic mass is 10.1. The number of hydrogen-bond acceptors (Lipinski definition) is 4. The standard InChI is InChI=1S/C19H21N3O4/c1-25-16-8-9-17(26-2)14(11-16)5-10-18(23)21-12-13-3-6-15(7-4-13)22-19(20)24/h3-11H,12H2,1-2H3,(H,21,23)(H3,20,22,24)/b10-5+. The highest BCUT2D eigenvalue weighted by Gasteiger charge is 2.03. The molecule has 0 unspecified atom stereocenters. The lowest BCUT2D eigenvalue weighted by molar-refractivity contribution is -0.116. The topological polar surface area (TPSA) is 103 Å². The van der Waals surface area contributed by atoms with Crippen LogP contribution in [0, 0.1) is 0 Å². The van der Waals surface area contributed by atoms with Crippen LogP contribution in [-0.2, 0) is 11.3 Å². The fraction of sp³-hybridized carbons (Fsp3) is 0.158. The number of ether oxygens (including phenoxy) is 2. The maximum absolute atomic E-state index is 12.0. The third kappa shape index (κ3) is 5.55. The minimum Gasteiger partial charge on any atom is -0.497 e. The molecule has 0 aliphatic heterocycles. The van der Waals surface area contributed by atoms with Crippen LogP contribution in [0.25, 0.3) is 6.08 Å². The van der Waals surface area contributed by atoms with Crippen molar-refractivity contribution in [2.75, 3.05) is 19.5 Å². The molecule has 0 saturated heterocycles. The van der Waals surface area contributed by atoms with E-state index < -0.39 is 6.03 Å². The molecule has 0 spiro atoms. The van der Waals surface area contributed by atoms with E-state index in [1.165, 1.54) is 6.08 Å². The number of primary amides is 1. The molecule has 4 N–H and O–H groups in total. The van der Waals surface area contributed by atoms with Crippen molar-refractivity contribution >= 4 is 23.7 Å². The summed E-state index contributed by atoms with van der Waals surface area (Å²) in [6.45, 7) is 0.356. The number of benzene rings is 2. The van der Waals surface area contributed by atoms with Crippen molar-refractivity contribution in [2.45, 2.75) is 6.54 Å². The lowest BCUT2D eigenvalue weighted by Gasteiger charge is -2.07. The van der Waals surface area contributed by atoms with Gasteiger partial charge in [0.2, 0.25) is 5.91 Å². The number of anilines is 1. The molecule has 0 bridgehead atoms. The molecular formula is C19H21N3O4. The molecule has 0 fully saturated rings. The Bertz CT molecular complexity index is 801. The Labute approximate surface area is 151 Å².